The van der Waals surface area contributed by atoms with Crippen LogP contribution >= 0.6 is 23.4 Å². The van der Waals surface area contributed by atoms with Gasteiger partial charge in [0.1, 0.15) is 11.5 Å². The third kappa shape index (κ3) is 5.35. The number of rotatable bonds is 8. The quantitative estimate of drug-likeness (QED) is 0.278. The Balaban J connectivity index is 1.60. The van der Waals surface area contributed by atoms with Gasteiger partial charge in [-0.1, -0.05) is 47.6 Å². The summed E-state index contributed by atoms with van der Waals surface area (Å²) in [4.78, 5) is 30.6. The lowest BCUT2D eigenvalue weighted by Crippen LogP contribution is -2.25. The van der Waals surface area contributed by atoms with Gasteiger partial charge in [0, 0.05) is 5.02 Å². The average molecular weight is 496 g/mol. The van der Waals surface area contributed by atoms with Crippen LogP contribution in [0.4, 0.5) is 5.69 Å². The molecule has 9 heteroatoms. The van der Waals surface area contributed by atoms with Gasteiger partial charge in [0.05, 0.1) is 43.1 Å². The minimum absolute atomic E-state index is 0.0447. The number of nitrogens with zero attached hydrogens (tertiary/aromatic N) is 2. The molecule has 0 atom stereocenters. The molecule has 1 N–H and O–H groups in total. The number of hydrogen-bond donors (Lipinski definition) is 1. The molecule has 1 aromatic heterocycles. The summed E-state index contributed by atoms with van der Waals surface area (Å²) in [6.45, 7) is 0.312. The highest BCUT2D eigenvalue weighted by Crippen LogP contribution is 2.28. The number of nitrogens with one attached hydrogen (secondary N) is 1. The van der Waals surface area contributed by atoms with Gasteiger partial charge in [-0.3, -0.25) is 14.2 Å². The highest BCUT2D eigenvalue weighted by molar-refractivity contribution is 7.99. The van der Waals surface area contributed by atoms with Crippen LogP contribution in [0.25, 0.3) is 10.9 Å². The van der Waals surface area contributed by atoms with Crippen molar-refractivity contribution in [3.05, 3.63) is 87.7 Å². The molecule has 0 radical (unpaired) electrons. The number of benzene rings is 3. The van der Waals surface area contributed by atoms with Crippen LogP contribution in [0.2, 0.25) is 5.02 Å². The number of thioether (sulfide) groups is 1. The average Bonchev–Trinajstić information content (AvgIpc) is 2.85. The molecule has 34 heavy (non-hydrogen) atoms. The summed E-state index contributed by atoms with van der Waals surface area (Å²) in [6, 6.07) is 19.6. The third-order valence-electron chi connectivity index (χ3n) is 5.09. The zero-order valence-electron chi connectivity index (χ0n) is 18.6. The van der Waals surface area contributed by atoms with E-state index < -0.39 is 0 Å². The summed E-state index contributed by atoms with van der Waals surface area (Å²) in [6.07, 6.45) is 0. The molecular weight excluding hydrogens is 474 g/mol. The Labute approximate surface area is 205 Å². The Morgan fingerprint density at radius 2 is 1.82 bits per heavy atom. The predicted molar refractivity (Wildman–Crippen MR) is 135 cm³/mol. The molecule has 0 saturated carbocycles. The lowest BCUT2D eigenvalue weighted by Gasteiger charge is -2.14. The molecule has 3 aromatic carbocycles. The van der Waals surface area contributed by atoms with Crippen molar-refractivity contribution in [2.75, 3.05) is 25.3 Å². The number of carbonyl (C=O) groups is 1. The van der Waals surface area contributed by atoms with Crippen LogP contribution in [0.5, 0.6) is 11.5 Å². The molecule has 0 bridgehead atoms. The molecule has 7 nitrogen and oxygen atoms in total. The summed E-state index contributed by atoms with van der Waals surface area (Å²) in [7, 11) is 3.12. The number of carbonyl (C=O) groups excluding carboxylic acids is 1. The van der Waals surface area contributed by atoms with Crippen molar-refractivity contribution < 1.29 is 14.3 Å². The fourth-order valence-electron chi connectivity index (χ4n) is 3.41. The van der Waals surface area contributed by atoms with Crippen molar-refractivity contribution >= 4 is 45.9 Å². The van der Waals surface area contributed by atoms with E-state index in [9.17, 15) is 9.59 Å². The van der Waals surface area contributed by atoms with Gasteiger partial charge in [0.2, 0.25) is 5.91 Å². The lowest BCUT2D eigenvalue weighted by molar-refractivity contribution is -0.113. The number of halogens is 1. The molecule has 0 saturated heterocycles. The van der Waals surface area contributed by atoms with Gasteiger partial charge in [0.15, 0.2) is 5.16 Å². The number of para-hydroxylation sites is 1. The first kappa shape index (κ1) is 23.7. The summed E-state index contributed by atoms with van der Waals surface area (Å²) in [5, 5.41) is 4.26. The topological polar surface area (TPSA) is 82.4 Å². The van der Waals surface area contributed by atoms with Crippen molar-refractivity contribution in [1.82, 2.24) is 9.55 Å². The molecule has 0 unspecified atom stereocenters. The molecule has 174 valence electrons. The second-order valence-corrected chi connectivity index (χ2v) is 8.71. The van der Waals surface area contributed by atoms with E-state index in [1.807, 2.05) is 36.4 Å². The largest absolute Gasteiger partial charge is 0.497 e. The maximum Gasteiger partial charge on any atom is 0.262 e. The van der Waals surface area contributed by atoms with Gasteiger partial charge in [0.25, 0.3) is 5.56 Å². The highest BCUT2D eigenvalue weighted by atomic mass is 35.5. The second-order valence-electron chi connectivity index (χ2n) is 7.33. The number of amides is 1. The Bertz CT molecular complexity index is 1390. The van der Waals surface area contributed by atoms with Gasteiger partial charge < -0.3 is 14.8 Å². The Morgan fingerprint density at radius 3 is 2.56 bits per heavy atom. The zero-order chi connectivity index (χ0) is 24.1. The Morgan fingerprint density at radius 1 is 1.06 bits per heavy atom. The standard InChI is InChI=1S/C25H22ClN3O4S/c1-32-18-10-7-16(8-11-18)14-29-24(31)19-5-3-4-6-20(19)28-25(29)34-15-23(30)27-21-13-17(26)9-12-22(21)33-2/h3-13H,14-15H2,1-2H3,(H,27,30). The predicted octanol–water partition coefficient (Wildman–Crippen LogP) is 4.85. The van der Waals surface area contributed by atoms with Gasteiger partial charge in [-0.2, -0.15) is 0 Å². The van der Waals surface area contributed by atoms with E-state index in [1.54, 1.807) is 42.0 Å². The summed E-state index contributed by atoms with van der Waals surface area (Å²) in [5.74, 6) is 1.01. The first-order chi connectivity index (χ1) is 16.5. The van der Waals surface area contributed by atoms with Crippen LogP contribution in [0.3, 0.4) is 0 Å². The number of ether oxygens (including phenoxy) is 2. The van der Waals surface area contributed by atoms with E-state index >= 15 is 0 Å². The number of aromatic nitrogens is 2. The van der Waals surface area contributed by atoms with Gasteiger partial charge in [-0.05, 0) is 48.0 Å². The smallest absolute Gasteiger partial charge is 0.262 e. The Kier molecular flexibility index (Phi) is 7.40. The van der Waals surface area contributed by atoms with E-state index in [0.29, 0.717) is 39.1 Å². The van der Waals surface area contributed by atoms with Crippen molar-refractivity contribution in [2.45, 2.75) is 11.7 Å². The van der Waals surface area contributed by atoms with E-state index in [0.717, 1.165) is 11.3 Å². The normalized spacial score (nSPS) is 10.8. The third-order valence-corrected chi connectivity index (χ3v) is 6.31. The first-order valence-corrected chi connectivity index (χ1v) is 11.7. The van der Waals surface area contributed by atoms with E-state index in [1.165, 1.54) is 18.9 Å². The number of methoxy groups -OCH3 is 2. The summed E-state index contributed by atoms with van der Waals surface area (Å²) in [5.41, 5.74) is 1.80. The van der Waals surface area contributed by atoms with E-state index in [2.05, 4.69) is 10.3 Å². The second kappa shape index (κ2) is 10.6. The summed E-state index contributed by atoms with van der Waals surface area (Å²) >= 11 is 7.24. The van der Waals surface area contributed by atoms with E-state index in [-0.39, 0.29) is 17.2 Å². The van der Waals surface area contributed by atoms with Crippen molar-refractivity contribution in [3.63, 3.8) is 0 Å². The van der Waals surface area contributed by atoms with Crippen LogP contribution in [-0.4, -0.2) is 35.4 Å². The van der Waals surface area contributed by atoms with E-state index in [4.69, 9.17) is 21.1 Å². The molecule has 4 rings (SSSR count). The molecule has 1 amide bonds. The van der Waals surface area contributed by atoms with Gasteiger partial charge >= 0.3 is 0 Å². The van der Waals surface area contributed by atoms with Crippen LogP contribution in [0.1, 0.15) is 5.56 Å². The molecule has 0 aliphatic carbocycles. The van der Waals surface area contributed by atoms with Crippen molar-refractivity contribution in [1.29, 1.82) is 0 Å². The molecule has 0 aliphatic heterocycles. The number of fused-ring (bicyclic) bond motifs is 1. The van der Waals surface area contributed by atoms with Crippen LogP contribution < -0.4 is 20.3 Å². The van der Waals surface area contributed by atoms with Crippen LogP contribution in [0, 0.1) is 0 Å². The fourth-order valence-corrected chi connectivity index (χ4v) is 4.38. The first-order valence-electron chi connectivity index (χ1n) is 10.4. The molecule has 0 spiro atoms. The zero-order valence-corrected chi connectivity index (χ0v) is 20.2. The Hall–Kier alpha value is -3.49. The van der Waals surface area contributed by atoms with Crippen molar-refractivity contribution in [3.8, 4) is 11.5 Å². The SMILES string of the molecule is COc1ccc(Cn2c(SCC(=O)Nc3cc(Cl)ccc3OC)nc3ccccc3c2=O)cc1. The number of hydrogen-bond acceptors (Lipinski definition) is 6. The summed E-state index contributed by atoms with van der Waals surface area (Å²) < 4.78 is 12.1. The minimum Gasteiger partial charge on any atom is -0.497 e. The molecule has 0 fully saturated rings. The monoisotopic (exact) mass is 495 g/mol. The van der Waals surface area contributed by atoms with Gasteiger partial charge in [-0.25, -0.2) is 4.98 Å². The van der Waals surface area contributed by atoms with Crippen LogP contribution in [0.15, 0.2) is 76.7 Å². The maximum atomic E-state index is 13.3. The molecule has 0 aliphatic rings. The molecule has 1 heterocycles. The van der Waals surface area contributed by atoms with Gasteiger partial charge in [-0.15, -0.1) is 0 Å². The fraction of sp³-hybridized carbons (Fsp3) is 0.160. The number of anilines is 1. The minimum atomic E-state index is -0.274. The molecular formula is C25H22ClN3O4S. The van der Waals surface area contributed by atoms with Crippen LogP contribution in [-0.2, 0) is 11.3 Å². The highest BCUT2D eigenvalue weighted by Gasteiger charge is 2.15. The maximum absolute atomic E-state index is 13.3. The van der Waals surface area contributed by atoms with Crippen molar-refractivity contribution in [2.24, 2.45) is 0 Å². The lowest BCUT2D eigenvalue weighted by atomic mass is 10.2. The molecule has 4 aromatic rings.